The zero-order valence-electron chi connectivity index (χ0n) is 13.3. The first-order valence-corrected chi connectivity index (χ1v) is 8.31. The maximum atomic E-state index is 13.1. The van der Waals surface area contributed by atoms with Crippen LogP contribution in [0.15, 0.2) is 52.4 Å². The van der Waals surface area contributed by atoms with Crippen molar-refractivity contribution in [3.8, 4) is 17.5 Å². The average molecular weight is 337 g/mol. The van der Waals surface area contributed by atoms with Gasteiger partial charge >= 0.3 is 0 Å². The van der Waals surface area contributed by atoms with Gasteiger partial charge in [-0.05, 0) is 36.8 Å². The molecule has 0 aliphatic heterocycles. The molecule has 0 fully saturated rings. The topological polar surface area (TPSA) is 67.9 Å². The van der Waals surface area contributed by atoms with E-state index in [1.165, 1.54) is 16.3 Å². The lowest BCUT2D eigenvalue weighted by molar-refractivity contribution is 0.411. The lowest BCUT2D eigenvalue weighted by atomic mass is 10.2. The van der Waals surface area contributed by atoms with E-state index in [0.717, 1.165) is 5.56 Å². The second-order valence-corrected chi connectivity index (χ2v) is 6.12. The van der Waals surface area contributed by atoms with Crippen LogP contribution in [0, 0.1) is 18.3 Å². The number of thioether (sulfide) groups is 1. The molecule has 120 valence electrons. The molecule has 0 bridgehead atoms. The smallest absolute Gasteiger partial charge is 0.266 e. The van der Waals surface area contributed by atoms with Crippen LogP contribution >= 0.6 is 11.8 Å². The Balaban J connectivity index is 2.37. The zero-order valence-corrected chi connectivity index (χ0v) is 14.1. The molecule has 0 aliphatic carbocycles. The summed E-state index contributed by atoms with van der Waals surface area (Å²) in [4.78, 5) is 17.6. The summed E-state index contributed by atoms with van der Waals surface area (Å²) in [5.41, 5.74) is 2.07. The van der Waals surface area contributed by atoms with Gasteiger partial charge in [-0.25, -0.2) is 4.98 Å². The second-order valence-electron chi connectivity index (χ2n) is 5.17. The number of benzene rings is 2. The summed E-state index contributed by atoms with van der Waals surface area (Å²) >= 11 is 1.23. The fraction of sp³-hybridized carbons (Fsp3) is 0.167. The number of methoxy groups -OCH3 is 1. The normalized spacial score (nSPS) is 10.5. The van der Waals surface area contributed by atoms with Crippen molar-refractivity contribution < 1.29 is 4.74 Å². The number of para-hydroxylation sites is 1. The lowest BCUT2D eigenvalue weighted by Gasteiger charge is -2.15. The van der Waals surface area contributed by atoms with Gasteiger partial charge in [0.05, 0.1) is 35.5 Å². The first kappa shape index (κ1) is 16.1. The molecule has 0 amide bonds. The van der Waals surface area contributed by atoms with Crippen LogP contribution in [0.3, 0.4) is 0 Å². The number of aromatic nitrogens is 2. The maximum absolute atomic E-state index is 13.1. The summed E-state index contributed by atoms with van der Waals surface area (Å²) in [6.07, 6.45) is 0. The number of aryl methyl sites for hydroxylation is 1. The molecule has 0 N–H and O–H groups in total. The Morgan fingerprint density at radius 1 is 1.29 bits per heavy atom. The molecule has 24 heavy (non-hydrogen) atoms. The first-order valence-electron chi connectivity index (χ1n) is 7.32. The van der Waals surface area contributed by atoms with E-state index < -0.39 is 0 Å². The molecule has 3 rings (SSSR count). The van der Waals surface area contributed by atoms with Crippen LogP contribution < -0.4 is 10.3 Å². The molecule has 1 aromatic heterocycles. The van der Waals surface area contributed by atoms with E-state index in [1.807, 2.05) is 37.3 Å². The standard InChI is InChI=1S/C18H15N3O2S/c1-12-7-8-16(23-2)15(11-12)21-17(22)13-5-3-4-6-14(13)20-18(21)24-10-9-19/h3-8,11H,10H2,1-2H3. The summed E-state index contributed by atoms with van der Waals surface area (Å²) < 4.78 is 6.94. The van der Waals surface area contributed by atoms with Crippen molar-refractivity contribution in [1.82, 2.24) is 9.55 Å². The largest absolute Gasteiger partial charge is 0.495 e. The molecule has 2 aromatic carbocycles. The molecule has 1 heterocycles. The Bertz CT molecular complexity index is 1010. The third-order valence-electron chi connectivity index (χ3n) is 3.59. The van der Waals surface area contributed by atoms with E-state index in [9.17, 15) is 4.79 Å². The fourth-order valence-corrected chi connectivity index (χ4v) is 3.16. The third kappa shape index (κ3) is 2.86. The minimum atomic E-state index is -0.176. The number of nitrogens with zero attached hydrogens (tertiary/aromatic N) is 3. The van der Waals surface area contributed by atoms with Crippen LogP contribution in [0.5, 0.6) is 5.75 Å². The summed E-state index contributed by atoms with van der Waals surface area (Å²) in [6.45, 7) is 1.95. The quantitative estimate of drug-likeness (QED) is 0.540. The first-order chi connectivity index (χ1) is 11.7. The predicted molar refractivity (Wildman–Crippen MR) is 95.0 cm³/mol. The van der Waals surface area contributed by atoms with Gasteiger partial charge in [0.2, 0.25) is 0 Å². The van der Waals surface area contributed by atoms with Crippen LogP contribution in [0.2, 0.25) is 0 Å². The van der Waals surface area contributed by atoms with E-state index in [4.69, 9.17) is 10.00 Å². The van der Waals surface area contributed by atoms with Gasteiger partial charge < -0.3 is 4.74 Å². The molecule has 3 aromatic rings. The van der Waals surface area contributed by atoms with Gasteiger partial charge in [0.25, 0.3) is 5.56 Å². The minimum Gasteiger partial charge on any atom is -0.495 e. The molecule has 0 spiro atoms. The summed E-state index contributed by atoms with van der Waals surface area (Å²) in [7, 11) is 1.57. The minimum absolute atomic E-state index is 0.176. The highest BCUT2D eigenvalue weighted by Gasteiger charge is 2.16. The highest BCUT2D eigenvalue weighted by atomic mass is 32.2. The van der Waals surface area contributed by atoms with Crippen molar-refractivity contribution >= 4 is 22.7 Å². The maximum Gasteiger partial charge on any atom is 0.266 e. The molecule has 0 aliphatic rings. The van der Waals surface area contributed by atoms with Gasteiger partial charge in [0.1, 0.15) is 5.75 Å². The molecule has 0 unspecified atom stereocenters. The Hall–Kier alpha value is -2.78. The highest BCUT2D eigenvalue weighted by Crippen LogP contribution is 2.27. The van der Waals surface area contributed by atoms with Crippen molar-refractivity contribution in [3.05, 3.63) is 58.4 Å². The van der Waals surface area contributed by atoms with E-state index >= 15 is 0 Å². The molecule has 6 heteroatoms. The Morgan fingerprint density at radius 2 is 2.08 bits per heavy atom. The lowest BCUT2D eigenvalue weighted by Crippen LogP contribution is -2.22. The van der Waals surface area contributed by atoms with Crippen LogP contribution in [0.4, 0.5) is 0 Å². The van der Waals surface area contributed by atoms with Crippen LogP contribution in [0.1, 0.15) is 5.56 Å². The molecule has 0 saturated heterocycles. The van der Waals surface area contributed by atoms with E-state index in [2.05, 4.69) is 11.1 Å². The van der Waals surface area contributed by atoms with Crippen molar-refractivity contribution in [3.63, 3.8) is 0 Å². The number of ether oxygens (including phenoxy) is 1. The molecule has 5 nitrogen and oxygen atoms in total. The van der Waals surface area contributed by atoms with Crippen molar-refractivity contribution in [2.75, 3.05) is 12.9 Å². The number of hydrogen-bond donors (Lipinski definition) is 0. The van der Waals surface area contributed by atoms with E-state index in [-0.39, 0.29) is 11.3 Å². The summed E-state index contributed by atoms with van der Waals surface area (Å²) in [5, 5.41) is 9.91. The monoisotopic (exact) mass is 337 g/mol. The zero-order chi connectivity index (χ0) is 17.1. The van der Waals surface area contributed by atoms with Crippen molar-refractivity contribution in [1.29, 1.82) is 5.26 Å². The van der Waals surface area contributed by atoms with Crippen molar-refractivity contribution in [2.24, 2.45) is 0 Å². The fourth-order valence-electron chi connectivity index (χ4n) is 2.49. The second kappa shape index (κ2) is 6.77. The van der Waals surface area contributed by atoms with E-state index in [0.29, 0.717) is 27.5 Å². The Labute approximate surface area is 143 Å². The van der Waals surface area contributed by atoms with Gasteiger partial charge in [-0.1, -0.05) is 30.0 Å². The highest BCUT2D eigenvalue weighted by molar-refractivity contribution is 7.99. The van der Waals surface area contributed by atoms with Gasteiger partial charge in [-0.2, -0.15) is 5.26 Å². The van der Waals surface area contributed by atoms with Gasteiger partial charge in [0, 0.05) is 0 Å². The van der Waals surface area contributed by atoms with Crippen molar-refractivity contribution in [2.45, 2.75) is 12.1 Å². The van der Waals surface area contributed by atoms with Crippen LogP contribution in [-0.4, -0.2) is 22.4 Å². The average Bonchev–Trinajstić information content (AvgIpc) is 2.60. The third-order valence-corrected chi connectivity index (χ3v) is 4.39. The van der Waals surface area contributed by atoms with Gasteiger partial charge in [-0.15, -0.1) is 0 Å². The van der Waals surface area contributed by atoms with Gasteiger partial charge in [0.15, 0.2) is 5.16 Å². The SMILES string of the molecule is COc1ccc(C)cc1-n1c(SCC#N)nc2ccccc2c1=O. The molecule has 0 atom stereocenters. The van der Waals surface area contributed by atoms with Crippen LogP contribution in [-0.2, 0) is 0 Å². The Kier molecular flexibility index (Phi) is 4.54. The molecular weight excluding hydrogens is 322 g/mol. The Morgan fingerprint density at radius 3 is 2.83 bits per heavy atom. The molecule has 0 saturated carbocycles. The van der Waals surface area contributed by atoms with Gasteiger partial charge in [-0.3, -0.25) is 9.36 Å². The number of fused-ring (bicyclic) bond motifs is 1. The molecule has 0 radical (unpaired) electrons. The number of hydrogen-bond acceptors (Lipinski definition) is 5. The molecular formula is C18H15N3O2S. The predicted octanol–water partition coefficient (Wildman–Crippen LogP) is 3.32. The summed E-state index contributed by atoms with van der Waals surface area (Å²) in [6, 6.07) is 14.9. The van der Waals surface area contributed by atoms with Crippen LogP contribution in [0.25, 0.3) is 16.6 Å². The summed E-state index contributed by atoms with van der Waals surface area (Å²) in [5.74, 6) is 0.789. The number of nitriles is 1. The number of rotatable bonds is 4. The van der Waals surface area contributed by atoms with E-state index in [1.54, 1.807) is 19.2 Å².